The molecule has 0 spiro atoms. The second-order valence-corrected chi connectivity index (χ2v) is 4.03. The van der Waals surface area contributed by atoms with Gasteiger partial charge in [0.15, 0.2) is 0 Å². The molecular formula is C8H16O2. The third-order valence-corrected chi connectivity index (χ3v) is 2.23. The second-order valence-electron chi connectivity index (χ2n) is 4.03. The average molecular weight is 144 g/mol. The zero-order valence-corrected chi connectivity index (χ0v) is 6.92. The van der Waals surface area contributed by atoms with Crippen LogP contribution in [-0.4, -0.2) is 24.4 Å². The van der Waals surface area contributed by atoms with Crippen molar-refractivity contribution in [1.82, 2.24) is 0 Å². The molecule has 2 nitrogen and oxygen atoms in total. The van der Waals surface area contributed by atoms with Gasteiger partial charge in [-0.25, -0.2) is 0 Å². The Hall–Kier alpha value is -0.0800. The molecule has 2 atom stereocenters. The highest BCUT2D eigenvalue weighted by Crippen LogP contribution is 2.36. The van der Waals surface area contributed by atoms with Crippen molar-refractivity contribution in [1.29, 1.82) is 0 Å². The van der Waals surface area contributed by atoms with Gasteiger partial charge in [0.05, 0.1) is 19.3 Å². The lowest BCUT2D eigenvalue weighted by Crippen LogP contribution is -2.49. The van der Waals surface area contributed by atoms with E-state index in [1.807, 2.05) is 0 Å². The monoisotopic (exact) mass is 144 g/mol. The van der Waals surface area contributed by atoms with Crippen molar-refractivity contribution in [3.8, 4) is 0 Å². The van der Waals surface area contributed by atoms with E-state index < -0.39 is 0 Å². The third-order valence-electron chi connectivity index (χ3n) is 2.23. The van der Waals surface area contributed by atoms with Gasteiger partial charge in [0, 0.05) is 5.92 Å². The van der Waals surface area contributed by atoms with Gasteiger partial charge in [0.2, 0.25) is 0 Å². The molecule has 0 aromatic heterocycles. The molecule has 1 N–H and O–H groups in total. The Bertz CT molecular complexity index is 113. The SMILES string of the molecule is CC(C)(C)C1COC1CO. The van der Waals surface area contributed by atoms with Crippen molar-refractivity contribution in [2.75, 3.05) is 13.2 Å². The summed E-state index contributed by atoms with van der Waals surface area (Å²) in [6.07, 6.45) is 0.0972. The van der Waals surface area contributed by atoms with Crippen molar-refractivity contribution in [3.63, 3.8) is 0 Å². The summed E-state index contributed by atoms with van der Waals surface area (Å²) >= 11 is 0. The number of rotatable bonds is 1. The van der Waals surface area contributed by atoms with Gasteiger partial charge < -0.3 is 9.84 Å². The molecule has 1 aliphatic heterocycles. The van der Waals surface area contributed by atoms with Crippen LogP contribution in [-0.2, 0) is 4.74 Å². The molecule has 10 heavy (non-hydrogen) atoms. The summed E-state index contributed by atoms with van der Waals surface area (Å²) in [5, 5.41) is 8.79. The van der Waals surface area contributed by atoms with E-state index in [0.717, 1.165) is 6.61 Å². The first-order chi connectivity index (χ1) is 4.55. The fourth-order valence-electron chi connectivity index (χ4n) is 1.32. The van der Waals surface area contributed by atoms with Crippen LogP contribution < -0.4 is 0 Å². The zero-order chi connectivity index (χ0) is 7.78. The van der Waals surface area contributed by atoms with Crippen LogP contribution in [0.25, 0.3) is 0 Å². The minimum Gasteiger partial charge on any atom is -0.394 e. The van der Waals surface area contributed by atoms with Crippen LogP contribution in [0.5, 0.6) is 0 Å². The smallest absolute Gasteiger partial charge is 0.0860 e. The van der Waals surface area contributed by atoms with E-state index in [-0.39, 0.29) is 18.1 Å². The molecule has 60 valence electrons. The molecule has 1 saturated heterocycles. The molecule has 0 aliphatic carbocycles. The highest BCUT2D eigenvalue weighted by molar-refractivity contribution is 4.86. The standard InChI is InChI=1S/C8H16O2/c1-8(2,3)6-5-10-7(6)4-9/h6-7,9H,4-5H2,1-3H3. The third kappa shape index (κ3) is 1.32. The van der Waals surface area contributed by atoms with Gasteiger partial charge >= 0.3 is 0 Å². The highest BCUT2D eigenvalue weighted by atomic mass is 16.5. The molecule has 1 rings (SSSR count). The average Bonchev–Trinajstić information content (AvgIpc) is 1.57. The Morgan fingerprint density at radius 3 is 2.20 bits per heavy atom. The molecule has 0 bridgehead atoms. The number of aliphatic hydroxyl groups is 1. The van der Waals surface area contributed by atoms with E-state index in [2.05, 4.69) is 20.8 Å². The Morgan fingerprint density at radius 1 is 1.50 bits per heavy atom. The fourth-order valence-corrected chi connectivity index (χ4v) is 1.32. The fraction of sp³-hybridized carbons (Fsp3) is 1.00. The molecule has 2 unspecified atom stereocenters. The van der Waals surface area contributed by atoms with Gasteiger partial charge in [-0.15, -0.1) is 0 Å². The summed E-state index contributed by atoms with van der Waals surface area (Å²) in [5.74, 6) is 0.539. The topological polar surface area (TPSA) is 29.5 Å². The maximum absolute atomic E-state index is 8.79. The summed E-state index contributed by atoms with van der Waals surface area (Å²) in [6.45, 7) is 7.53. The summed E-state index contributed by atoms with van der Waals surface area (Å²) in [6, 6.07) is 0. The molecule has 0 radical (unpaired) electrons. The normalized spacial score (nSPS) is 33.6. The number of aliphatic hydroxyl groups excluding tert-OH is 1. The number of ether oxygens (including phenoxy) is 1. The summed E-state index contributed by atoms with van der Waals surface area (Å²) in [7, 11) is 0. The molecule has 0 aromatic carbocycles. The van der Waals surface area contributed by atoms with E-state index in [1.165, 1.54) is 0 Å². The highest BCUT2D eigenvalue weighted by Gasteiger charge is 2.39. The van der Waals surface area contributed by atoms with Crippen molar-refractivity contribution in [3.05, 3.63) is 0 Å². The second kappa shape index (κ2) is 2.51. The number of hydrogen-bond acceptors (Lipinski definition) is 2. The van der Waals surface area contributed by atoms with Crippen molar-refractivity contribution < 1.29 is 9.84 Å². The first kappa shape index (κ1) is 8.02. The van der Waals surface area contributed by atoms with E-state index in [9.17, 15) is 0 Å². The summed E-state index contributed by atoms with van der Waals surface area (Å²) < 4.78 is 5.17. The van der Waals surface area contributed by atoms with E-state index in [0.29, 0.717) is 5.92 Å². The first-order valence-corrected chi connectivity index (χ1v) is 3.78. The van der Waals surface area contributed by atoms with Gasteiger partial charge in [-0.05, 0) is 5.41 Å². The van der Waals surface area contributed by atoms with E-state index >= 15 is 0 Å². The summed E-state index contributed by atoms with van der Waals surface area (Å²) in [4.78, 5) is 0. The van der Waals surface area contributed by atoms with E-state index in [4.69, 9.17) is 9.84 Å². The molecule has 0 aromatic rings. The predicted octanol–water partition coefficient (Wildman–Crippen LogP) is 1.04. The van der Waals surface area contributed by atoms with Gasteiger partial charge in [-0.3, -0.25) is 0 Å². The van der Waals surface area contributed by atoms with Gasteiger partial charge in [0.1, 0.15) is 0 Å². The Balaban J connectivity index is 2.43. The van der Waals surface area contributed by atoms with Crippen LogP contribution in [0.1, 0.15) is 20.8 Å². The predicted molar refractivity (Wildman–Crippen MR) is 39.8 cm³/mol. The minimum atomic E-state index is 0.0972. The van der Waals surface area contributed by atoms with Gasteiger partial charge in [0.25, 0.3) is 0 Å². The lowest BCUT2D eigenvalue weighted by atomic mass is 9.75. The van der Waals surface area contributed by atoms with Crippen molar-refractivity contribution in [2.24, 2.45) is 11.3 Å². The minimum absolute atomic E-state index is 0.0972. The molecule has 0 amide bonds. The Kier molecular flexibility index (Phi) is 2.02. The van der Waals surface area contributed by atoms with Crippen LogP contribution in [0.2, 0.25) is 0 Å². The lowest BCUT2D eigenvalue weighted by Gasteiger charge is -2.44. The van der Waals surface area contributed by atoms with Crippen LogP contribution in [0.3, 0.4) is 0 Å². The van der Waals surface area contributed by atoms with Gasteiger partial charge in [-0.1, -0.05) is 20.8 Å². The van der Waals surface area contributed by atoms with Crippen molar-refractivity contribution >= 4 is 0 Å². The maximum atomic E-state index is 8.79. The molecule has 0 saturated carbocycles. The molecule has 2 heteroatoms. The van der Waals surface area contributed by atoms with Crippen LogP contribution in [0.4, 0.5) is 0 Å². The van der Waals surface area contributed by atoms with Crippen LogP contribution >= 0.6 is 0 Å². The van der Waals surface area contributed by atoms with Gasteiger partial charge in [-0.2, -0.15) is 0 Å². The van der Waals surface area contributed by atoms with Crippen LogP contribution in [0, 0.1) is 11.3 Å². The summed E-state index contributed by atoms with van der Waals surface area (Å²) in [5.41, 5.74) is 0.283. The lowest BCUT2D eigenvalue weighted by molar-refractivity contribution is -0.171. The van der Waals surface area contributed by atoms with Crippen LogP contribution in [0.15, 0.2) is 0 Å². The largest absolute Gasteiger partial charge is 0.394 e. The molecule has 1 fully saturated rings. The Morgan fingerprint density at radius 2 is 2.10 bits per heavy atom. The van der Waals surface area contributed by atoms with Crippen molar-refractivity contribution in [2.45, 2.75) is 26.9 Å². The molecule has 1 heterocycles. The van der Waals surface area contributed by atoms with E-state index in [1.54, 1.807) is 0 Å². The zero-order valence-electron chi connectivity index (χ0n) is 6.92. The molecular weight excluding hydrogens is 128 g/mol. The Labute approximate surface area is 62.2 Å². The number of hydrogen-bond donors (Lipinski definition) is 1. The molecule has 1 aliphatic rings. The first-order valence-electron chi connectivity index (χ1n) is 3.78. The quantitative estimate of drug-likeness (QED) is 0.596. The maximum Gasteiger partial charge on any atom is 0.0860 e.